The molecule has 0 aliphatic rings. The number of carbonyl (C=O) groups excluding carboxylic acids is 3. The molecule has 1 aromatic rings. The highest BCUT2D eigenvalue weighted by molar-refractivity contribution is 5.94. The first-order chi connectivity index (χ1) is 15.9. The van der Waals surface area contributed by atoms with Gasteiger partial charge in [-0.05, 0) is 18.9 Å². The maximum Gasteiger partial charge on any atom is 0.326 e. The molecule has 0 fully saturated rings. The number of amides is 3. The molecule has 1 rings (SSSR count). The van der Waals surface area contributed by atoms with Crippen LogP contribution in [0.4, 0.5) is 0 Å². The Balaban J connectivity index is 2.86. The van der Waals surface area contributed by atoms with Crippen molar-refractivity contribution >= 4 is 35.6 Å². The fourth-order valence-corrected chi connectivity index (χ4v) is 2.82. The Bertz CT molecular complexity index is 907. The number of nitrogens with two attached hydrogens (primary N) is 1. The van der Waals surface area contributed by atoms with Crippen LogP contribution in [0.15, 0.2) is 30.3 Å². The molecule has 13 heteroatoms. The van der Waals surface area contributed by atoms with E-state index < -0.39 is 72.6 Å². The summed E-state index contributed by atoms with van der Waals surface area (Å²) in [6, 6.07) is 3.08. The van der Waals surface area contributed by atoms with Gasteiger partial charge in [-0.15, -0.1) is 0 Å². The molecule has 186 valence electrons. The molecule has 0 aromatic heterocycles. The third-order valence-electron chi connectivity index (χ3n) is 4.66. The normalized spacial score (nSPS) is 14.1. The summed E-state index contributed by atoms with van der Waals surface area (Å²) < 4.78 is 0. The van der Waals surface area contributed by atoms with E-state index in [1.165, 1.54) is 6.92 Å². The Labute approximate surface area is 194 Å². The van der Waals surface area contributed by atoms with Crippen LogP contribution in [0.25, 0.3) is 0 Å². The van der Waals surface area contributed by atoms with Crippen LogP contribution in [0.3, 0.4) is 0 Å². The first kappa shape index (κ1) is 28.0. The quantitative estimate of drug-likeness (QED) is 0.162. The maximum absolute atomic E-state index is 12.7. The lowest BCUT2D eigenvalue weighted by molar-refractivity contribution is -0.143. The van der Waals surface area contributed by atoms with Crippen LogP contribution in [0.5, 0.6) is 0 Å². The van der Waals surface area contributed by atoms with Gasteiger partial charge in [0.1, 0.15) is 18.1 Å². The number of aliphatic carboxylic acids is 3. The van der Waals surface area contributed by atoms with Crippen molar-refractivity contribution in [1.82, 2.24) is 16.0 Å². The standard InChI is InChI=1S/C21H28N4O9/c1-11(23-19(31)13(22)10-17(28)29)18(30)24-14(7-8-16(26)27)20(32)25-15(21(33)34)9-12-5-3-2-4-6-12/h2-6,11,13-15H,7-10,22H2,1H3,(H,23,31)(H,24,30)(H,25,32)(H,26,27)(H,28,29)(H,33,34). The van der Waals surface area contributed by atoms with E-state index in [-0.39, 0.29) is 12.8 Å². The number of carbonyl (C=O) groups is 6. The molecule has 13 nitrogen and oxygen atoms in total. The smallest absolute Gasteiger partial charge is 0.326 e. The summed E-state index contributed by atoms with van der Waals surface area (Å²) in [5.41, 5.74) is 6.07. The van der Waals surface area contributed by atoms with Crippen LogP contribution in [0, 0.1) is 0 Å². The second-order valence-electron chi connectivity index (χ2n) is 7.52. The van der Waals surface area contributed by atoms with E-state index in [2.05, 4.69) is 16.0 Å². The minimum absolute atomic E-state index is 0.0462. The van der Waals surface area contributed by atoms with Crippen LogP contribution in [-0.4, -0.2) is 75.1 Å². The Morgan fingerprint density at radius 1 is 0.824 bits per heavy atom. The molecule has 3 amide bonds. The Morgan fingerprint density at radius 3 is 1.94 bits per heavy atom. The monoisotopic (exact) mass is 480 g/mol. The minimum atomic E-state index is -1.41. The molecule has 4 atom stereocenters. The van der Waals surface area contributed by atoms with Gasteiger partial charge >= 0.3 is 17.9 Å². The molecule has 0 heterocycles. The van der Waals surface area contributed by atoms with Crippen molar-refractivity contribution in [3.8, 4) is 0 Å². The van der Waals surface area contributed by atoms with Gasteiger partial charge in [0.05, 0.1) is 12.5 Å². The number of benzene rings is 1. The summed E-state index contributed by atoms with van der Waals surface area (Å²) in [4.78, 5) is 70.4. The van der Waals surface area contributed by atoms with Gasteiger partial charge in [0, 0.05) is 12.8 Å². The summed E-state index contributed by atoms with van der Waals surface area (Å²) in [5, 5.41) is 33.9. The third kappa shape index (κ3) is 10.1. The van der Waals surface area contributed by atoms with Gasteiger partial charge in [0.25, 0.3) is 0 Å². The van der Waals surface area contributed by atoms with Gasteiger partial charge in [-0.2, -0.15) is 0 Å². The molecular weight excluding hydrogens is 452 g/mol. The zero-order chi connectivity index (χ0) is 25.8. The van der Waals surface area contributed by atoms with E-state index >= 15 is 0 Å². The second-order valence-corrected chi connectivity index (χ2v) is 7.52. The van der Waals surface area contributed by atoms with Gasteiger partial charge < -0.3 is 37.0 Å². The highest BCUT2D eigenvalue weighted by Crippen LogP contribution is 2.06. The first-order valence-corrected chi connectivity index (χ1v) is 10.3. The van der Waals surface area contributed by atoms with Crippen molar-refractivity contribution in [2.24, 2.45) is 5.73 Å². The molecular formula is C21H28N4O9. The van der Waals surface area contributed by atoms with Gasteiger partial charge in [0.2, 0.25) is 17.7 Å². The van der Waals surface area contributed by atoms with Crippen LogP contribution in [-0.2, 0) is 35.2 Å². The highest BCUT2D eigenvalue weighted by atomic mass is 16.4. The SMILES string of the molecule is CC(NC(=O)C(N)CC(=O)O)C(=O)NC(CCC(=O)O)C(=O)NC(Cc1ccccc1)C(=O)O. The summed E-state index contributed by atoms with van der Waals surface area (Å²) in [7, 11) is 0. The average molecular weight is 480 g/mol. The number of carboxylic acid groups (broad SMARTS) is 3. The molecule has 34 heavy (non-hydrogen) atoms. The van der Waals surface area contributed by atoms with Crippen molar-refractivity contribution in [2.75, 3.05) is 0 Å². The van der Waals surface area contributed by atoms with Gasteiger partial charge in [0.15, 0.2) is 0 Å². The molecule has 0 saturated heterocycles. The van der Waals surface area contributed by atoms with E-state index in [9.17, 15) is 33.9 Å². The van der Waals surface area contributed by atoms with Crippen LogP contribution in [0.1, 0.15) is 31.7 Å². The predicted molar refractivity (Wildman–Crippen MR) is 116 cm³/mol. The number of carboxylic acids is 3. The van der Waals surface area contributed by atoms with E-state index in [1.54, 1.807) is 30.3 Å². The zero-order valence-corrected chi connectivity index (χ0v) is 18.4. The average Bonchev–Trinajstić information content (AvgIpc) is 2.75. The molecule has 0 bridgehead atoms. The number of hydrogen-bond donors (Lipinski definition) is 7. The lowest BCUT2D eigenvalue weighted by atomic mass is 10.0. The number of rotatable bonds is 14. The van der Waals surface area contributed by atoms with Crippen LogP contribution >= 0.6 is 0 Å². The van der Waals surface area contributed by atoms with E-state index in [0.717, 1.165) is 0 Å². The largest absolute Gasteiger partial charge is 0.481 e. The molecule has 0 radical (unpaired) electrons. The fourth-order valence-electron chi connectivity index (χ4n) is 2.82. The summed E-state index contributed by atoms with van der Waals surface area (Å²) in [5.74, 6) is -6.59. The van der Waals surface area contributed by atoms with Crippen molar-refractivity contribution < 1.29 is 44.1 Å². The molecule has 0 spiro atoms. The molecule has 0 aliphatic carbocycles. The second kappa shape index (κ2) is 13.5. The predicted octanol–water partition coefficient (Wildman–Crippen LogP) is -1.55. The van der Waals surface area contributed by atoms with Crippen molar-refractivity contribution in [2.45, 2.75) is 56.8 Å². The van der Waals surface area contributed by atoms with Crippen molar-refractivity contribution in [1.29, 1.82) is 0 Å². The highest BCUT2D eigenvalue weighted by Gasteiger charge is 2.29. The molecule has 8 N–H and O–H groups in total. The molecule has 4 unspecified atom stereocenters. The number of nitrogens with one attached hydrogen (secondary N) is 3. The Morgan fingerprint density at radius 2 is 1.41 bits per heavy atom. The van der Waals surface area contributed by atoms with Crippen LogP contribution in [0.2, 0.25) is 0 Å². The Hall–Kier alpha value is -4.00. The third-order valence-corrected chi connectivity index (χ3v) is 4.66. The van der Waals surface area contributed by atoms with Crippen molar-refractivity contribution in [3.63, 3.8) is 0 Å². The van der Waals surface area contributed by atoms with E-state index in [4.69, 9.17) is 15.9 Å². The zero-order valence-electron chi connectivity index (χ0n) is 18.4. The lowest BCUT2D eigenvalue weighted by Gasteiger charge is -2.23. The minimum Gasteiger partial charge on any atom is -0.481 e. The molecule has 0 saturated carbocycles. The summed E-state index contributed by atoms with van der Waals surface area (Å²) in [6.45, 7) is 1.25. The van der Waals surface area contributed by atoms with Gasteiger partial charge in [-0.25, -0.2) is 4.79 Å². The lowest BCUT2D eigenvalue weighted by Crippen LogP contribution is -2.56. The number of hydrogen-bond acceptors (Lipinski definition) is 7. The van der Waals surface area contributed by atoms with Crippen molar-refractivity contribution in [3.05, 3.63) is 35.9 Å². The van der Waals surface area contributed by atoms with E-state index in [1.807, 2.05) is 0 Å². The molecule has 0 aliphatic heterocycles. The van der Waals surface area contributed by atoms with Gasteiger partial charge in [-0.1, -0.05) is 30.3 Å². The summed E-state index contributed by atoms with van der Waals surface area (Å²) >= 11 is 0. The first-order valence-electron chi connectivity index (χ1n) is 10.3. The molecule has 1 aromatic carbocycles. The maximum atomic E-state index is 12.7. The topological polar surface area (TPSA) is 225 Å². The van der Waals surface area contributed by atoms with Gasteiger partial charge in [-0.3, -0.25) is 24.0 Å². The Kier molecular flexibility index (Phi) is 11.2. The van der Waals surface area contributed by atoms with Crippen LogP contribution < -0.4 is 21.7 Å². The van der Waals surface area contributed by atoms with E-state index in [0.29, 0.717) is 5.56 Å². The summed E-state index contributed by atoms with van der Waals surface area (Å²) in [6.07, 6.45) is -1.56. The fraction of sp³-hybridized carbons (Fsp3) is 0.429.